The van der Waals surface area contributed by atoms with Crippen molar-refractivity contribution in [3.8, 4) is 0 Å². The third-order valence-corrected chi connectivity index (χ3v) is 3.55. The van der Waals surface area contributed by atoms with Gasteiger partial charge < -0.3 is 4.74 Å². The highest BCUT2D eigenvalue weighted by Crippen LogP contribution is 2.26. The van der Waals surface area contributed by atoms with Gasteiger partial charge in [0.15, 0.2) is 5.78 Å². The van der Waals surface area contributed by atoms with Crippen molar-refractivity contribution in [2.45, 2.75) is 58.3 Å². The molecule has 0 heterocycles. The van der Waals surface area contributed by atoms with Crippen LogP contribution in [0.3, 0.4) is 0 Å². The number of ether oxygens (including phenoxy) is 1. The maximum atomic E-state index is 11.9. The van der Waals surface area contributed by atoms with Crippen molar-refractivity contribution >= 4 is 11.8 Å². The minimum atomic E-state index is -0.284. The predicted molar refractivity (Wildman–Crippen MR) is 71.2 cm³/mol. The number of ketones is 1. The van der Waals surface area contributed by atoms with Gasteiger partial charge in [-0.05, 0) is 31.8 Å². The van der Waals surface area contributed by atoms with Crippen LogP contribution in [-0.4, -0.2) is 18.9 Å². The van der Waals surface area contributed by atoms with Crippen molar-refractivity contribution in [1.29, 1.82) is 0 Å². The van der Waals surface area contributed by atoms with Gasteiger partial charge in [-0.2, -0.15) is 0 Å². The van der Waals surface area contributed by atoms with Crippen LogP contribution in [0.5, 0.6) is 0 Å². The SMILES string of the molecule is CCCCCCC1=CC(=O)C(CC(=O)OC)CC1. The Balaban J connectivity index is 2.36. The molecule has 0 saturated carbocycles. The van der Waals surface area contributed by atoms with Gasteiger partial charge >= 0.3 is 5.97 Å². The Kier molecular flexibility index (Phi) is 6.69. The quantitative estimate of drug-likeness (QED) is 0.515. The molecule has 0 aliphatic heterocycles. The van der Waals surface area contributed by atoms with Gasteiger partial charge in [-0.25, -0.2) is 0 Å². The van der Waals surface area contributed by atoms with Crippen molar-refractivity contribution in [3.63, 3.8) is 0 Å². The van der Waals surface area contributed by atoms with Crippen molar-refractivity contribution in [2.24, 2.45) is 5.92 Å². The van der Waals surface area contributed by atoms with Gasteiger partial charge in [0.2, 0.25) is 0 Å². The average molecular weight is 252 g/mol. The molecule has 3 nitrogen and oxygen atoms in total. The Morgan fingerprint density at radius 3 is 2.78 bits per heavy atom. The first kappa shape index (κ1) is 14.9. The van der Waals surface area contributed by atoms with E-state index in [2.05, 4.69) is 11.7 Å². The number of esters is 1. The highest BCUT2D eigenvalue weighted by molar-refractivity contribution is 5.95. The predicted octanol–water partition coefficient (Wildman–Crippen LogP) is 3.43. The minimum Gasteiger partial charge on any atom is -0.469 e. The lowest BCUT2D eigenvalue weighted by Gasteiger charge is -2.19. The molecule has 0 aromatic carbocycles. The molecule has 1 rings (SSSR count). The van der Waals surface area contributed by atoms with Crippen LogP contribution in [-0.2, 0) is 14.3 Å². The summed E-state index contributed by atoms with van der Waals surface area (Å²) in [5.74, 6) is -0.331. The van der Waals surface area contributed by atoms with E-state index in [9.17, 15) is 9.59 Å². The van der Waals surface area contributed by atoms with E-state index in [0.29, 0.717) is 0 Å². The van der Waals surface area contributed by atoms with E-state index in [4.69, 9.17) is 0 Å². The number of unbranched alkanes of at least 4 members (excludes halogenated alkanes) is 3. The van der Waals surface area contributed by atoms with Crippen molar-refractivity contribution in [1.82, 2.24) is 0 Å². The number of hydrogen-bond donors (Lipinski definition) is 0. The van der Waals surface area contributed by atoms with Gasteiger partial charge in [0, 0.05) is 5.92 Å². The molecule has 0 fully saturated rings. The van der Waals surface area contributed by atoms with Crippen LogP contribution in [0.1, 0.15) is 58.3 Å². The second-order valence-electron chi connectivity index (χ2n) is 5.03. The number of rotatable bonds is 7. The first-order valence-electron chi connectivity index (χ1n) is 6.97. The van der Waals surface area contributed by atoms with Crippen molar-refractivity contribution in [3.05, 3.63) is 11.6 Å². The molecule has 3 heteroatoms. The topological polar surface area (TPSA) is 43.4 Å². The summed E-state index contributed by atoms with van der Waals surface area (Å²) >= 11 is 0. The number of carbonyl (C=O) groups is 2. The van der Waals surface area contributed by atoms with Crippen LogP contribution in [0.2, 0.25) is 0 Å². The van der Waals surface area contributed by atoms with Crippen molar-refractivity contribution in [2.75, 3.05) is 7.11 Å². The van der Waals surface area contributed by atoms with Gasteiger partial charge in [-0.15, -0.1) is 0 Å². The summed E-state index contributed by atoms with van der Waals surface area (Å²) in [5, 5.41) is 0. The lowest BCUT2D eigenvalue weighted by molar-refractivity contribution is -0.143. The third kappa shape index (κ3) is 5.03. The number of hydrogen-bond acceptors (Lipinski definition) is 3. The highest BCUT2D eigenvalue weighted by Gasteiger charge is 2.24. The van der Waals surface area contributed by atoms with Gasteiger partial charge in [-0.3, -0.25) is 9.59 Å². The Bertz CT molecular complexity index is 318. The zero-order chi connectivity index (χ0) is 13.4. The monoisotopic (exact) mass is 252 g/mol. The summed E-state index contributed by atoms with van der Waals surface area (Å²) in [5.41, 5.74) is 1.26. The number of carbonyl (C=O) groups excluding carboxylic acids is 2. The first-order valence-corrected chi connectivity index (χ1v) is 6.97. The smallest absolute Gasteiger partial charge is 0.306 e. The van der Waals surface area contributed by atoms with E-state index >= 15 is 0 Å². The largest absolute Gasteiger partial charge is 0.469 e. The van der Waals surface area contributed by atoms with E-state index < -0.39 is 0 Å². The van der Waals surface area contributed by atoms with Gasteiger partial charge in [-0.1, -0.05) is 31.8 Å². The highest BCUT2D eigenvalue weighted by atomic mass is 16.5. The maximum Gasteiger partial charge on any atom is 0.306 e. The van der Waals surface area contributed by atoms with Crippen LogP contribution in [0, 0.1) is 5.92 Å². The van der Waals surface area contributed by atoms with Crippen LogP contribution in [0.25, 0.3) is 0 Å². The second kappa shape index (κ2) is 8.06. The molecule has 18 heavy (non-hydrogen) atoms. The Hall–Kier alpha value is -1.12. The molecule has 0 saturated heterocycles. The van der Waals surface area contributed by atoms with Gasteiger partial charge in [0.1, 0.15) is 0 Å². The maximum absolute atomic E-state index is 11.9. The molecule has 0 bridgehead atoms. The number of methoxy groups -OCH3 is 1. The molecule has 102 valence electrons. The zero-order valence-electron chi connectivity index (χ0n) is 11.5. The molecule has 0 aromatic rings. The third-order valence-electron chi connectivity index (χ3n) is 3.55. The van der Waals surface area contributed by atoms with Crippen LogP contribution >= 0.6 is 0 Å². The lowest BCUT2D eigenvalue weighted by Crippen LogP contribution is -2.21. The molecular formula is C15H24O3. The molecule has 0 aromatic heterocycles. The van der Waals surface area contributed by atoms with E-state index in [1.807, 2.05) is 0 Å². The van der Waals surface area contributed by atoms with Gasteiger partial charge in [0.25, 0.3) is 0 Å². The summed E-state index contributed by atoms with van der Waals surface area (Å²) in [6.07, 6.45) is 9.72. The van der Waals surface area contributed by atoms with Gasteiger partial charge in [0.05, 0.1) is 13.5 Å². The summed E-state index contributed by atoms with van der Waals surface area (Å²) in [6, 6.07) is 0. The van der Waals surface area contributed by atoms with Crippen LogP contribution < -0.4 is 0 Å². The number of allylic oxidation sites excluding steroid dienone is 2. The molecule has 1 aliphatic rings. The Morgan fingerprint density at radius 2 is 2.17 bits per heavy atom. The molecule has 1 aliphatic carbocycles. The Morgan fingerprint density at radius 1 is 1.39 bits per heavy atom. The molecule has 1 atom stereocenters. The molecule has 0 N–H and O–H groups in total. The van der Waals surface area contributed by atoms with Crippen molar-refractivity contribution < 1.29 is 14.3 Å². The summed E-state index contributed by atoms with van der Waals surface area (Å²) in [6.45, 7) is 2.20. The second-order valence-corrected chi connectivity index (χ2v) is 5.03. The minimum absolute atomic E-state index is 0.108. The van der Waals surface area contributed by atoms with E-state index in [0.717, 1.165) is 19.3 Å². The van der Waals surface area contributed by atoms with E-state index in [1.165, 1.54) is 38.4 Å². The fourth-order valence-corrected chi connectivity index (χ4v) is 2.36. The normalized spacial score (nSPS) is 19.6. The van der Waals surface area contributed by atoms with Crippen LogP contribution in [0.4, 0.5) is 0 Å². The molecule has 0 amide bonds. The summed E-state index contributed by atoms with van der Waals surface area (Å²) < 4.78 is 4.61. The molecule has 1 unspecified atom stereocenters. The fourth-order valence-electron chi connectivity index (χ4n) is 2.36. The lowest BCUT2D eigenvalue weighted by atomic mass is 9.84. The Labute approximate surface area is 110 Å². The first-order chi connectivity index (χ1) is 8.67. The fraction of sp³-hybridized carbons (Fsp3) is 0.733. The standard InChI is InChI=1S/C15H24O3/c1-3-4-5-6-7-12-8-9-13(14(16)10-12)11-15(17)18-2/h10,13H,3-9,11H2,1-2H3. The van der Waals surface area contributed by atoms with Crippen LogP contribution in [0.15, 0.2) is 11.6 Å². The zero-order valence-corrected chi connectivity index (χ0v) is 11.5. The summed E-state index contributed by atoms with van der Waals surface area (Å²) in [4.78, 5) is 23.0. The summed E-state index contributed by atoms with van der Waals surface area (Å²) in [7, 11) is 1.37. The molecular weight excluding hydrogens is 228 g/mol. The average Bonchev–Trinajstić information content (AvgIpc) is 2.37. The molecule has 0 radical (unpaired) electrons. The molecule has 0 spiro atoms. The van der Waals surface area contributed by atoms with E-state index in [1.54, 1.807) is 6.08 Å². The van der Waals surface area contributed by atoms with E-state index in [-0.39, 0.29) is 24.1 Å².